The van der Waals surface area contributed by atoms with Gasteiger partial charge in [-0.25, -0.2) is 4.99 Å². The summed E-state index contributed by atoms with van der Waals surface area (Å²) in [7, 11) is 0. The Bertz CT molecular complexity index is 836. The van der Waals surface area contributed by atoms with Crippen molar-refractivity contribution in [3.8, 4) is 0 Å². The van der Waals surface area contributed by atoms with Crippen LogP contribution in [-0.2, 0) is 0 Å². The number of aromatic nitrogens is 2. The Morgan fingerprint density at radius 3 is 2.00 bits per heavy atom. The van der Waals surface area contributed by atoms with Crippen molar-refractivity contribution in [2.45, 2.75) is 13.0 Å². The third-order valence-electron chi connectivity index (χ3n) is 3.43. The molecule has 0 fully saturated rings. The second kappa shape index (κ2) is 7.48. The molecule has 0 radical (unpaired) electrons. The number of benzene rings is 2. The van der Waals surface area contributed by atoms with Crippen LogP contribution in [0.25, 0.3) is 0 Å². The van der Waals surface area contributed by atoms with Crippen LogP contribution in [0.5, 0.6) is 0 Å². The van der Waals surface area contributed by atoms with E-state index in [1.54, 1.807) is 19.4 Å². The molecular weight excluding hydrogens is 300 g/mol. The molecule has 1 unspecified atom stereocenters. The van der Waals surface area contributed by atoms with Crippen molar-refractivity contribution < 1.29 is 5.11 Å². The lowest BCUT2D eigenvalue weighted by Crippen LogP contribution is -1.91. The van der Waals surface area contributed by atoms with Gasteiger partial charge in [-0.1, -0.05) is 60.7 Å². The average molecular weight is 318 g/mol. The lowest BCUT2D eigenvalue weighted by Gasteiger charge is -2.01. The molecule has 0 bridgehead atoms. The van der Waals surface area contributed by atoms with Gasteiger partial charge in [0.15, 0.2) is 5.82 Å². The van der Waals surface area contributed by atoms with Crippen molar-refractivity contribution in [2.75, 3.05) is 0 Å². The maximum atomic E-state index is 9.89. The molecule has 0 spiro atoms. The lowest BCUT2D eigenvalue weighted by molar-refractivity contribution is 0.195. The maximum Gasteiger partial charge on any atom is 0.174 e. The van der Waals surface area contributed by atoms with E-state index < -0.39 is 6.10 Å². The molecule has 1 heterocycles. The Morgan fingerprint density at radius 2 is 1.46 bits per heavy atom. The molecule has 0 amide bonds. The van der Waals surface area contributed by atoms with Crippen LogP contribution in [0.1, 0.15) is 29.8 Å². The first-order valence-corrected chi connectivity index (χ1v) is 7.68. The second-order valence-electron chi connectivity index (χ2n) is 5.32. The zero-order chi connectivity index (χ0) is 16.8. The van der Waals surface area contributed by atoms with Gasteiger partial charge in [-0.15, -0.1) is 0 Å². The van der Waals surface area contributed by atoms with Crippen LogP contribution in [0, 0.1) is 0 Å². The Kier molecular flexibility index (Phi) is 4.93. The Labute approximate surface area is 140 Å². The number of nitrogens with one attached hydrogen (secondary N) is 1. The zero-order valence-corrected chi connectivity index (χ0v) is 13.3. The number of hydrogen-bond acceptors (Lipinski definition) is 4. The number of H-pyrrole nitrogens is 1. The van der Waals surface area contributed by atoms with Crippen LogP contribution in [0.3, 0.4) is 0 Å². The molecule has 120 valence electrons. The van der Waals surface area contributed by atoms with E-state index in [4.69, 9.17) is 0 Å². The van der Waals surface area contributed by atoms with E-state index in [1.807, 2.05) is 60.7 Å². The minimum absolute atomic E-state index is 0.474. The molecule has 0 aliphatic carbocycles. The average Bonchev–Trinajstić information content (AvgIpc) is 3.03. The van der Waals surface area contributed by atoms with Crippen LogP contribution < -0.4 is 0 Å². The quantitative estimate of drug-likeness (QED) is 0.699. The summed E-state index contributed by atoms with van der Waals surface area (Å²) in [5, 5.41) is 16.9. The third-order valence-corrected chi connectivity index (χ3v) is 3.43. The predicted molar refractivity (Wildman–Crippen MR) is 96.6 cm³/mol. The van der Waals surface area contributed by atoms with E-state index >= 15 is 0 Å². The number of aliphatic hydroxyl groups excluding tert-OH is 1. The number of aliphatic imine (C=N–C) groups is 2. The van der Waals surface area contributed by atoms with E-state index in [9.17, 15) is 5.11 Å². The first-order valence-electron chi connectivity index (χ1n) is 7.68. The molecule has 0 saturated heterocycles. The molecule has 2 aromatic carbocycles. The smallest absolute Gasteiger partial charge is 0.174 e. The summed E-state index contributed by atoms with van der Waals surface area (Å²) in [5.41, 5.74) is 2.96. The topological polar surface area (TPSA) is 73.6 Å². The normalized spacial score (nSPS) is 12.9. The molecule has 5 heteroatoms. The number of aliphatic hydroxyl groups is 1. The van der Waals surface area contributed by atoms with Crippen molar-refractivity contribution in [2.24, 2.45) is 9.98 Å². The first-order chi connectivity index (χ1) is 11.7. The summed E-state index contributed by atoms with van der Waals surface area (Å²) in [6, 6.07) is 19.5. The largest absolute Gasteiger partial charge is 0.387 e. The summed E-state index contributed by atoms with van der Waals surface area (Å²) in [4.78, 5) is 8.90. The fraction of sp³-hybridized carbons (Fsp3) is 0.105. The Balaban J connectivity index is 1.92. The fourth-order valence-electron chi connectivity index (χ4n) is 2.21. The van der Waals surface area contributed by atoms with E-state index in [-0.39, 0.29) is 0 Å². The van der Waals surface area contributed by atoms with Gasteiger partial charge in [0.2, 0.25) is 0 Å². The maximum absolute atomic E-state index is 9.89. The lowest BCUT2D eigenvalue weighted by atomic mass is 10.2. The third kappa shape index (κ3) is 3.83. The molecule has 0 aliphatic heterocycles. The zero-order valence-electron chi connectivity index (χ0n) is 13.3. The van der Waals surface area contributed by atoms with Gasteiger partial charge in [0, 0.05) is 12.4 Å². The summed E-state index contributed by atoms with van der Waals surface area (Å²) in [6.07, 6.45) is 2.74. The summed E-state index contributed by atoms with van der Waals surface area (Å²) >= 11 is 0. The predicted octanol–water partition coefficient (Wildman–Crippen LogP) is 3.96. The van der Waals surface area contributed by atoms with Crippen LogP contribution in [-0.4, -0.2) is 27.7 Å². The van der Waals surface area contributed by atoms with Crippen molar-refractivity contribution >= 4 is 23.9 Å². The van der Waals surface area contributed by atoms with Gasteiger partial charge in [0.25, 0.3) is 0 Å². The van der Waals surface area contributed by atoms with E-state index in [0.29, 0.717) is 17.2 Å². The molecule has 0 aliphatic rings. The standard InChI is InChI=1S/C19H18N4O/c1-14(24)17-18(20-12-15-8-4-2-5-9-15)19(23-22-17)21-13-16-10-6-3-7-11-16/h2-14,24H,1H3,(H,22,23). The molecule has 2 N–H and O–H groups in total. The minimum Gasteiger partial charge on any atom is -0.387 e. The van der Waals surface area contributed by atoms with E-state index in [0.717, 1.165) is 11.1 Å². The molecule has 1 atom stereocenters. The highest BCUT2D eigenvalue weighted by atomic mass is 16.3. The number of hydrogen-bond donors (Lipinski definition) is 2. The van der Waals surface area contributed by atoms with Gasteiger partial charge in [-0.2, -0.15) is 5.10 Å². The van der Waals surface area contributed by atoms with Crippen LogP contribution in [0.4, 0.5) is 11.5 Å². The molecule has 5 nitrogen and oxygen atoms in total. The van der Waals surface area contributed by atoms with Gasteiger partial charge in [0.05, 0.1) is 6.10 Å². The van der Waals surface area contributed by atoms with Crippen LogP contribution >= 0.6 is 0 Å². The fourth-order valence-corrected chi connectivity index (χ4v) is 2.21. The van der Waals surface area contributed by atoms with Gasteiger partial charge < -0.3 is 5.11 Å². The monoisotopic (exact) mass is 318 g/mol. The van der Waals surface area contributed by atoms with Crippen LogP contribution in [0.15, 0.2) is 70.6 Å². The van der Waals surface area contributed by atoms with Crippen LogP contribution in [0.2, 0.25) is 0 Å². The van der Waals surface area contributed by atoms with Crippen molar-refractivity contribution in [1.29, 1.82) is 0 Å². The van der Waals surface area contributed by atoms with E-state index in [1.165, 1.54) is 0 Å². The van der Waals surface area contributed by atoms with E-state index in [2.05, 4.69) is 20.2 Å². The number of rotatable bonds is 5. The molecular formula is C19H18N4O. The summed E-state index contributed by atoms with van der Waals surface area (Å²) in [5.74, 6) is 0.516. The molecule has 0 saturated carbocycles. The minimum atomic E-state index is -0.732. The summed E-state index contributed by atoms with van der Waals surface area (Å²) in [6.45, 7) is 1.66. The van der Waals surface area contributed by atoms with Crippen molar-refractivity contribution in [3.63, 3.8) is 0 Å². The number of nitrogens with zero attached hydrogens (tertiary/aromatic N) is 3. The first kappa shape index (κ1) is 15.8. The van der Waals surface area contributed by atoms with Crippen molar-refractivity contribution in [3.05, 3.63) is 77.5 Å². The highest BCUT2D eigenvalue weighted by Gasteiger charge is 2.15. The van der Waals surface area contributed by atoms with Gasteiger partial charge in [-0.3, -0.25) is 10.1 Å². The second-order valence-corrected chi connectivity index (χ2v) is 5.32. The Morgan fingerprint density at radius 1 is 0.917 bits per heavy atom. The van der Waals surface area contributed by atoms with Gasteiger partial charge in [0.1, 0.15) is 11.4 Å². The number of aromatic amines is 1. The van der Waals surface area contributed by atoms with Gasteiger partial charge >= 0.3 is 0 Å². The van der Waals surface area contributed by atoms with Crippen molar-refractivity contribution in [1.82, 2.24) is 10.2 Å². The van der Waals surface area contributed by atoms with Gasteiger partial charge in [-0.05, 0) is 18.1 Å². The SMILES string of the molecule is CC(O)c1n[nH]c(N=Cc2ccccc2)c1N=Cc1ccccc1. The highest BCUT2D eigenvalue weighted by molar-refractivity contribution is 5.86. The molecule has 24 heavy (non-hydrogen) atoms. The highest BCUT2D eigenvalue weighted by Crippen LogP contribution is 2.32. The Hall–Kier alpha value is -3.05. The molecule has 1 aromatic heterocycles. The summed E-state index contributed by atoms with van der Waals surface area (Å²) < 4.78 is 0. The molecule has 3 aromatic rings. The molecule has 3 rings (SSSR count).